The number of hydrogen-bond acceptors (Lipinski definition) is 4. The van der Waals surface area contributed by atoms with Gasteiger partial charge in [0, 0.05) is 39.8 Å². The van der Waals surface area contributed by atoms with Crippen molar-refractivity contribution >= 4 is 34.8 Å². The zero-order chi connectivity index (χ0) is 18.4. The summed E-state index contributed by atoms with van der Waals surface area (Å²) >= 11 is 18.6. The van der Waals surface area contributed by atoms with Gasteiger partial charge in [-0.05, 0) is 30.7 Å². The number of ether oxygens (including phenoxy) is 2. The molecule has 25 heavy (non-hydrogen) atoms. The molecule has 0 aliphatic carbocycles. The van der Waals surface area contributed by atoms with Crippen LogP contribution in [0.25, 0.3) is 0 Å². The zero-order valence-corrected chi connectivity index (χ0v) is 16.3. The minimum atomic E-state index is -0.427. The molecule has 4 nitrogen and oxygen atoms in total. The molecule has 0 saturated heterocycles. The highest BCUT2D eigenvalue weighted by molar-refractivity contribution is 6.36. The van der Waals surface area contributed by atoms with Crippen LogP contribution in [0.3, 0.4) is 0 Å². The topological polar surface area (TPSA) is 50.7 Å². The van der Waals surface area contributed by atoms with Crippen molar-refractivity contribution in [2.75, 3.05) is 13.7 Å². The molecule has 7 heteroatoms. The Morgan fingerprint density at radius 3 is 2.36 bits per heavy atom. The molecule has 0 heterocycles. The van der Waals surface area contributed by atoms with Gasteiger partial charge in [-0.2, -0.15) is 0 Å². The molecule has 136 valence electrons. The average molecular weight is 405 g/mol. The molecule has 2 aromatic carbocycles. The summed E-state index contributed by atoms with van der Waals surface area (Å²) in [6.45, 7) is 2.90. The summed E-state index contributed by atoms with van der Waals surface area (Å²) in [6, 6.07) is 8.80. The summed E-state index contributed by atoms with van der Waals surface area (Å²) in [5, 5.41) is 14.0. The quantitative estimate of drug-likeness (QED) is 0.669. The third kappa shape index (κ3) is 5.66. The molecule has 0 aliphatic heterocycles. The van der Waals surface area contributed by atoms with E-state index in [0.717, 1.165) is 5.56 Å². The van der Waals surface area contributed by atoms with Crippen molar-refractivity contribution in [3.63, 3.8) is 0 Å². The van der Waals surface area contributed by atoms with Gasteiger partial charge in [-0.25, -0.2) is 0 Å². The average Bonchev–Trinajstić information content (AvgIpc) is 2.55. The Bertz CT molecular complexity index is 703. The Kier molecular flexibility index (Phi) is 7.66. The molecule has 0 aliphatic rings. The number of halogens is 3. The summed E-state index contributed by atoms with van der Waals surface area (Å²) in [4.78, 5) is 0. The lowest BCUT2D eigenvalue weighted by Crippen LogP contribution is -2.24. The first-order chi connectivity index (χ1) is 11.9. The molecule has 1 unspecified atom stereocenters. The minimum Gasteiger partial charge on any atom is -0.493 e. The number of rotatable bonds is 8. The van der Waals surface area contributed by atoms with E-state index in [4.69, 9.17) is 44.3 Å². The predicted molar refractivity (Wildman–Crippen MR) is 102 cm³/mol. The van der Waals surface area contributed by atoms with E-state index in [0.29, 0.717) is 45.2 Å². The second kappa shape index (κ2) is 9.51. The number of benzene rings is 2. The first-order valence-corrected chi connectivity index (χ1v) is 8.86. The maximum Gasteiger partial charge on any atom is 0.163 e. The van der Waals surface area contributed by atoms with Crippen LogP contribution in [0.4, 0.5) is 0 Å². The van der Waals surface area contributed by atoms with Crippen LogP contribution in [0.5, 0.6) is 11.5 Å². The summed E-state index contributed by atoms with van der Waals surface area (Å²) in [5.41, 5.74) is 1.55. The molecular weight excluding hydrogens is 385 g/mol. The molecule has 0 aromatic heterocycles. The molecular formula is C18H20Cl3NO3. The highest BCUT2D eigenvalue weighted by Gasteiger charge is 2.13. The fourth-order valence-electron chi connectivity index (χ4n) is 2.22. The summed E-state index contributed by atoms with van der Waals surface area (Å²) < 4.78 is 11.2. The van der Waals surface area contributed by atoms with Gasteiger partial charge in [0.15, 0.2) is 11.5 Å². The van der Waals surface area contributed by atoms with Gasteiger partial charge < -0.3 is 19.9 Å². The van der Waals surface area contributed by atoms with Gasteiger partial charge in [0.25, 0.3) is 0 Å². The molecule has 1 atom stereocenters. The first-order valence-electron chi connectivity index (χ1n) is 7.73. The molecule has 2 rings (SSSR count). The lowest BCUT2D eigenvalue weighted by Gasteiger charge is -2.15. The maximum absolute atomic E-state index is 9.31. The smallest absolute Gasteiger partial charge is 0.163 e. The van der Waals surface area contributed by atoms with Crippen molar-refractivity contribution in [3.8, 4) is 11.5 Å². The Morgan fingerprint density at radius 1 is 1.08 bits per heavy atom. The predicted octanol–water partition coefficient (Wildman–Crippen LogP) is 4.70. The van der Waals surface area contributed by atoms with Crippen LogP contribution >= 0.6 is 34.8 Å². The van der Waals surface area contributed by atoms with E-state index >= 15 is 0 Å². The highest BCUT2D eigenvalue weighted by Crippen LogP contribution is 2.35. The monoisotopic (exact) mass is 403 g/mol. The van der Waals surface area contributed by atoms with E-state index in [1.807, 2.05) is 0 Å². The van der Waals surface area contributed by atoms with E-state index in [-0.39, 0.29) is 6.61 Å². The fraction of sp³-hybridized carbons (Fsp3) is 0.333. The van der Waals surface area contributed by atoms with Gasteiger partial charge in [-0.3, -0.25) is 0 Å². The largest absolute Gasteiger partial charge is 0.493 e. The van der Waals surface area contributed by atoms with Crippen LogP contribution in [0, 0.1) is 0 Å². The summed E-state index contributed by atoms with van der Waals surface area (Å²) in [6.07, 6.45) is -0.427. The van der Waals surface area contributed by atoms with Crippen molar-refractivity contribution in [2.24, 2.45) is 0 Å². The van der Waals surface area contributed by atoms with E-state index < -0.39 is 6.10 Å². The third-order valence-corrected chi connectivity index (χ3v) is 4.58. The van der Waals surface area contributed by atoms with Gasteiger partial charge in [-0.1, -0.05) is 40.9 Å². The highest BCUT2D eigenvalue weighted by atomic mass is 35.5. The SMILES string of the molecule is COc1cc(CNCC(C)O)c(Cl)cc1OCc1c(Cl)cccc1Cl. The molecule has 0 saturated carbocycles. The van der Waals surface area contributed by atoms with E-state index in [1.165, 1.54) is 0 Å². The summed E-state index contributed by atoms with van der Waals surface area (Å²) in [7, 11) is 1.56. The van der Waals surface area contributed by atoms with Crippen LogP contribution in [0.15, 0.2) is 30.3 Å². The maximum atomic E-state index is 9.31. The molecule has 0 fully saturated rings. The van der Waals surface area contributed by atoms with Crippen molar-refractivity contribution in [1.29, 1.82) is 0 Å². The van der Waals surface area contributed by atoms with Gasteiger partial charge in [0.05, 0.1) is 13.2 Å². The number of nitrogens with one attached hydrogen (secondary N) is 1. The van der Waals surface area contributed by atoms with Crippen molar-refractivity contribution in [3.05, 3.63) is 56.5 Å². The van der Waals surface area contributed by atoms with Crippen LogP contribution in [-0.4, -0.2) is 24.9 Å². The fourth-order valence-corrected chi connectivity index (χ4v) is 2.95. The Labute approximate surface area is 162 Å². The normalized spacial score (nSPS) is 12.1. The van der Waals surface area contributed by atoms with E-state index in [1.54, 1.807) is 44.4 Å². The molecule has 0 amide bonds. The Morgan fingerprint density at radius 2 is 1.76 bits per heavy atom. The van der Waals surface area contributed by atoms with Gasteiger partial charge >= 0.3 is 0 Å². The van der Waals surface area contributed by atoms with Crippen LogP contribution in [0.1, 0.15) is 18.1 Å². The Balaban J connectivity index is 2.14. The third-order valence-electron chi connectivity index (χ3n) is 3.52. The molecule has 0 radical (unpaired) electrons. The standard InChI is InChI=1S/C18H20Cl3NO3/c1-11(23)8-22-9-12-6-17(24-2)18(7-16(12)21)25-10-13-14(19)4-3-5-15(13)20/h3-7,11,22-23H,8-10H2,1-2H3. The summed E-state index contributed by atoms with van der Waals surface area (Å²) in [5.74, 6) is 1.06. The molecule has 2 aromatic rings. The van der Waals surface area contributed by atoms with Gasteiger partial charge in [0.2, 0.25) is 0 Å². The lowest BCUT2D eigenvalue weighted by molar-refractivity contribution is 0.191. The zero-order valence-electron chi connectivity index (χ0n) is 14.0. The van der Waals surface area contributed by atoms with Gasteiger partial charge in [0.1, 0.15) is 6.61 Å². The van der Waals surface area contributed by atoms with E-state index in [2.05, 4.69) is 5.32 Å². The van der Waals surface area contributed by atoms with Crippen LogP contribution < -0.4 is 14.8 Å². The van der Waals surface area contributed by atoms with Crippen molar-refractivity contribution in [1.82, 2.24) is 5.32 Å². The molecule has 2 N–H and O–H groups in total. The van der Waals surface area contributed by atoms with Crippen LogP contribution in [0.2, 0.25) is 15.1 Å². The van der Waals surface area contributed by atoms with E-state index in [9.17, 15) is 5.11 Å². The van der Waals surface area contributed by atoms with Crippen molar-refractivity contribution in [2.45, 2.75) is 26.2 Å². The lowest BCUT2D eigenvalue weighted by atomic mass is 10.2. The first kappa shape index (κ1) is 20.1. The molecule has 0 bridgehead atoms. The second-order valence-corrected chi connectivity index (χ2v) is 6.78. The van der Waals surface area contributed by atoms with Crippen LogP contribution in [-0.2, 0) is 13.2 Å². The number of methoxy groups -OCH3 is 1. The van der Waals surface area contributed by atoms with Crippen molar-refractivity contribution < 1.29 is 14.6 Å². The number of aliphatic hydroxyl groups is 1. The minimum absolute atomic E-state index is 0.199. The molecule has 0 spiro atoms. The second-order valence-electron chi connectivity index (χ2n) is 5.56. The number of hydrogen-bond donors (Lipinski definition) is 2. The Hall–Kier alpha value is -1.17. The van der Waals surface area contributed by atoms with Gasteiger partial charge in [-0.15, -0.1) is 0 Å². The number of aliphatic hydroxyl groups excluding tert-OH is 1.